The lowest BCUT2D eigenvalue weighted by molar-refractivity contribution is -0.167. The molecular formula is C70H132O6. The van der Waals surface area contributed by atoms with Gasteiger partial charge in [0, 0.05) is 19.3 Å². The van der Waals surface area contributed by atoms with Crippen LogP contribution in [0.25, 0.3) is 0 Å². The summed E-state index contributed by atoms with van der Waals surface area (Å²) in [6, 6.07) is 0. The van der Waals surface area contributed by atoms with E-state index in [0.29, 0.717) is 19.3 Å². The molecule has 0 aliphatic rings. The Morgan fingerprint density at radius 3 is 0.737 bits per heavy atom. The van der Waals surface area contributed by atoms with Crippen LogP contribution in [0.15, 0.2) is 24.3 Å². The molecule has 6 heteroatoms. The monoisotopic (exact) mass is 1070 g/mol. The van der Waals surface area contributed by atoms with Gasteiger partial charge in [-0.2, -0.15) is 0 Å². The fourth-order valence-electron chi connectivity index (χ4n) is 10.5. The number of unbranched alkanes of at least 4 members (excludes halogenated alkanes) is 49. The maximum absolute atomic E-state index is 12.9. The molecule has 1 atom stereocenters. The summed E-state index contributed by atoms with van der Waals surface area (Å²) in [6.07, 6.45) is 79.1. The molecule has 1 unspecified atom stereocenters. The maximum Gasteiger partial charge on any atom is 0.306 e. The molecule has 0 aliphatic carbocycles. The molecule has 0 saturated heterocycles. The van der Waals surface area contributed by atoms with E-state index in [1.54, 1.807) is 0 Å². The van der Waals surface area contributed by atoms with Crippen molar-refractivity contribution in [2.45, 2.75) is 393 Å². The molecule has 448 valence electrons. The fourth-order valence-corrected chi connectivity index (χ4v) is 10.5. The van der Waals surface area contributed by atoms with Crippen molar-refractivity contribution in [1.29, 1.82) is 0 Å². The highest BCUT2D eigenvalue weighted by atomic mass is 16.6. The van der Waals surface area contributed by atoms with Crippen molar-refractivity contribution in [2.75, 3.05) is 13.2 Å². The first-order valence-corrected chi connectivity index (χ1v) is 34.3. The lowest BCUT2D eigenvalue weighted by Gasteiger charge is -2.18. The number of esters is 3. The zero-order chi connectivity index (χ0) is 55.0. The van der Waals surface area contributed by atoms with E-state index in [1.807, 2.05) is 0 Å². The molecule has 0 heterocycles. The maximum atomic E-state index is 12.9. The molecular weight excluding hydrogens is 937 g/mol. The van der Waals surface area contributed by atoms with E-state index >= 15 is 0 Å². The van der Waals surface area contributed by atoms with Gasteiger partial charge in [0.05, 0.1) is 0 Å². The number of hydrogen-bond donors (Lipinski definition) is 0. The Morgan fingerprint density at radius 2 is 0.474 bits per heavy atom. The molecule has 0 rings (SSSR count). The third-order valence-corrected chi connectivity index (χ3v) is 15.7. The van der Waals surface area contributed by atoms with Gasteiger partial charge in [-0.05, 0) is 51.4 Å². The Labute approximate surface area is 474 Å². The van der Waals surface area contributed by atoms with E-state index in [2.05, 4.69) is 45.1 Å². The van der Waals surface area contributed by atoms with E-state index in [0.717, 1.165) is 70.6 Å². The molecule has 0 N–H and O–H groups in total. The summed E-state index contributed by atoms with van der Waals surface area (Å²) in [7, 11) is 0. The van der Waals surface area contributed by atoms with Crippen LogP contribution in [0.4, 0.5) is 0 Å². The van der Waals surface area contributed by atoms with E-state index < -0.39 is 6.10 Å². The van der Waals surface area contributed by atoms with Crippen molar-refractivity contribution in [1.82, 2.24) is 0 Å². The van der Waals surface area contributed by atoms with Gasteiger partial charge >= 0.3 is 17.9 Å². The van der Waals surface area contributed by atoms with Gasteiger partial charge in [-0.15, -0.1) is 0 Å². The van der Waals surface area contributed by atoms with Crippen LogP contribution in [0.3, 0.4) is 0 Å². The molecule has 0 radical (unpaired) electrons. The average molecular weight is 1070 g/mol. The Bertz CT molecular complexity index is 1230. The van der Waals surface area contributed by atoms with Crippen LogP contribution in [0, 0.1) is 0 Å². The topological polar surface area (TPSA) is 78.9 Å². The van der Waals surface area contributed by atoms with Gasteiger partial charge < -0.3 is 14.2 Å². The molecule has 0 amide bonds. The van der Waals surface area contributed by atoms with Gasteiger partial charge in [0.1, 0.15) is 13.2 Å². The minimum atomic E-state index is -0.772. The second-order valence-electron chi connectivity index (χ2n) is 23.5. The number of hydrogen-bond acceptors (Lipinski definition) is 6. The summed E-state index contributed by atoms with van der Waals surface area (Å²) in [5.74, 6) is -0.843. The molecule has 6 nitrogen and oxygen atoms in total. The molecule has 0 aromatic rings. The lowest BCUT2D eigenvalue weighted by Crippen LogP contribution is -2.30. The third kappa shape index (κ3) is 62.7. The number of allylic oxidation sites excluding steroid dienone is 4. The van der Waals surface area contributed by atoms with E-state index in [-0.39, 0.29) is 31.1 Å². The van der Waals surface area contributed by atoms with Crippen LogP contribution < -0.4 is 0 Å². The first kappa shape index (κ1) is 73.9. The normalized spacial score (nSPS) is 12.1. The highest BCUT2D eigenvalue weighted by Crippen LogP contribution is 2.19. The molecule has 0 aliphatic heterocycles. The minimum absolute atomic E-state index is 0.0681. The Hall–Kier alpha value is -2.11. The second kappa shape index (κ2) is 65.4. The Balaban J connectivity index is 4.28. The van der Waals surface area contributed by atoms with E-state index in [9.17, 15) is 14.4 Å². The molecule has 0 saturated carbocycles. The van der Waals surface area contributed by atoms with Crippen molar-refractivity contribution >= 4 is 17.9 Å². The Kier molecular flexibility index (Phi) is 63.6. The summed E-state index contributed by atoms with van der Waals surface area (Å²) in [4.78, 5) is 38.4. The van der Waals surface area contributed by atoms with E-state index in [4.69, 9.17) is 14.2 Å². The van der Waals surface area contributed by atoms with Crippen molar-refractivity contribution < 1.29 is 28.6 Å². The van der Waals surface area contributed by atoms with Gasteiger partial charge in [0.15, 0.2) is 6.10 Å². The van der Waals surface area contributed by atoms with Crippen molar-refractivity contribution in [3.05, 3.63) is 24.3 Å². The predicted molar refractivity (Wildman–Crippen MR) is 330 cm³/mol. The largest absolute Gasteiger partial charge is 0.462 e. The minimum Gasteiger partial charge on any atom is -0.462 e. The lowest BCUT2D eigenvalue weighted by atomic mass is 10.0. The number of ether oxygens (including phenoxy) is 3. The van der Waals surface area contributed by atoms with Crippen LogP contribution in [0.2, 0.25) is 0 Å². The van der Waals surface area contributed by atoms with Gasteiger partial charge in [-0.3, -0.25) is 14.4 Å². The molecule has 0 aromatic carbocycles. The standard InChI is InChI=1S/C70H132O6/c1-4-7-10-13-16-19-22-25-28-31-33-34-35-36-37-40-42-45-48-51-54-57-60-63-69(72)75-66-67(65-74-68(71)62-59-56-53-50-47-44-41-38-30-27-24-21-18-15-12-9-6-3)76-70(73)64-61-58-55-52-49-46-43-39-32-29-26-23-20-17-14-11-8-5-2/h20,23,29,32,67H,4-19,21-22,24-28,30-31,33-66H2,1-3H3/b23-20-,32-29-. The van der Waals surface area contributed by atoms with Gasteiger partial charge in [0.25, 0.3) is 0 Å². The zero-order valence-electron chi connectivity index (χ0n) is 51.6. The first-order valence-electron chi connectivity index (χ1n) is 34.3. The SMILES string of the molecule is CCCCCC/C=C\C/C=C\CCCCCCCCCC(=O)OC(COC(=O)CCCCCCCCCCCCCCCCCCC)COC(=O)CCCCCCCCCCCCCCCCCCCCCCCCC. The summed E-state index contributed by atoms with van der Waals surface area (Å²) in [5.41, 5.74) is 0. The molecule has 0 aromatic heterocycles. The van der Waals surface area contributed by atoms with Crippen LogP contribution in [0.1, 0.15) is 387 Å². The number of carbonyl (C=O) groups is 3. The van der Waals surface area contributed by atoms with Crippen molar-refractivity contribution in [2.24, 2.45) is 0 Å². The predicted octanol–water partition coefficient (Wildman–Crippen LogP) is 23.4. The summed E-state index contributed by atoms with van der Waals surface area (Å²) in [5, 5.41) is 0. The van der Waals surface area contributed by atoms with Crippen LogP contribution >= 0.6 is 0 Å². The van der Waals surface area contributed by atoms with Gasteiger partial charge in [-0.1, -0.05) is 340 Å². The summed E-state index contributed by atoms with van der Waals surface area (Å²) < 4.78 is 17.0. The van der Waals surface area contributed by atoms with Crippen LogP contribution in [-0.4, -0.2) is 37.2 Å². The number of carbonyl (C=O) groups excluding carboxylic acids is 3. The fraction of sp³-hybridized carbons (Fsp3) is 0.900. The van der Waals surface area contributed by atoms with Gasteiger partial charge in [0.2, 0.25) is 0 Å². The molecule has 0 spiro atoms. The van der Waals surface area contributed by atoms with Crippen molar-refractivity contribution in [3.8, 4) is 0 Å². The highest BCUT2D eigenvalue weighted by Gasteiger charge is 2.19. The highest BCUT2D eigenvalue weighted by molar-refractivity contribution is 5.71. The Morgan fingerprint density at radius 1 is 0.263 bits per heavy atom. The molecule has 0 fully saturated rings. The smallest absolute Gasteiger partial charge is 0.306 e. The number of rotatable bonds is 64. The van der Waals surface area contributed by atoms with Gasteiger partial charge in [-0.25, -0.2) is 0 Å². The van der Waals surface area contributed by atoms with Crippen LogP contribution in [-0.2, 0) is 28.6 Å². The quantitative estimate of drug-likeness (QED) is 0.0261. The van der Waals surface area contributed by atoms with Crippen LogP contribution in [0.5, 0.6) is 0 Å². The molecule has 0 bridgehead atoms. The zero-order valence-corrected chi connectivity index (χ0v) is 51.6. The summed E-state index contributed by atoms with van der Waals surface area (Å²) >= 11 is 0. The van der Waals surface area contributed by atoms with Crippen molar-refractivity contribution in [3.63, 3.8) is 0 Å². The summed E-state index contributed by atoms with van der Waals surface area (Å²) in [6.45, 7) is 6.70. The second-order valence-corrected chi connectivity index (χ2v) is 23.5. The molecule has 76 heavy (non-hydrogen) atoms. The van der Waals surface area contributed by atoms with E-state index in [1.165, 1.54) is 276 Å². The third-order valence-electron chi connectivity index (χ3n) is 15.7. The first-order chi connectivity index (χ1) is 37.5. The average Bonchev–Trinajstić information content (AvgIpc) is 3.42.